The molecule has 0 spiro atoms. The molecule has 1 heterocycles. The summed E-state index contributed by atoms with van der Waals surface area (Å²) in [6.45, 7) is 0. The molecule has 0 saturated carbocycles. The summed E-state index contributed by atoms with van der Waals surface area (Å²) in [5.41, 5.74) is 0. The monoisotopic (exact) mass is 176 g/mol. The number of aldehydes is 1. The zero-order valence-electron chi connectivity index (χ0n) is 7.11. The van der Waals surface area contributed by atoms with E-state index in [1.54, 1.807) is 19.4 Å². The van der Waals surface area contributed by atoms with Crippen LogP contribution in [0, 0.1) is 0 Å². The Kier molecular flexibility index (Phi) is 1.77. The number of methoxy groups -OCH3 is 1. The summed E-state index contributed by atoms with van der Waals surface area (Å²) in [4.78, 5) is 10.6. The molecule has 3 nitrogen and oxygen atoms in total. The van der Waals surface area contributed by atoms with Crippen LogP contribution in [0.25, 0.3) is 10.8 Å². The number of benzene rings is 1. The fourth-order valence-electron chi connectivity index (χ4n) is 1.35. The lowest BCUT2D eigenvalue weighted by molar-refractivity contribution is 0.110. The van der Waals surface area contributed by atoms with Gasteiger partial charge in [0.1, 0.15) is 5.75 Å². The molecule has 0 saturated heterocycles. The summed E-state index contributed by atoms with van der Waals surface area (Å²) in [7, 11) is 1.57. The zero-order valence-corrected chi connectivity index (χ0v) is 7.11. The molecule has 1 aromatic carbocycles. The second-order valence-corrected chi connectivity index (χ2v) is 2.64. The number of rotatable bonds is 2. The zero-order chi connectivity index (χ0) is 9.26. The fraction of sp³-hybridized carbons (Fsp3) is 0.100. The Balaban J connectivity index is 2.83. The van der Waals surface area contributed by atoms with E-state index in [0.29, 0.717) is 17.8 Å². The second-order valence-electron chi connectivity index (χ2n) is 2.64. The number of hydrogen-bond donors (Lipinski definition) is 0. The van der Waals surface area contributed by atoms with Gasteiger partial charge in [0.2, 0.25) is 0 Å². The summed E-state index contributed by atoms with van der Waals surface area (Å²) in [6, 6.07) is 5.52. The van der Waals surface area contributed by atoms with Gasteiger partial charge in [-0.2, -0.15) is 0 Å². The molecule has 0 aliphatic carbocycles. The third kappa shape index (κ3) is 1.09. The van der Waals surface area contributed by atoms with Gasteiger partial charge in [-0.25, -0.2) is 0 Å². The third-order valence-corrected chi connectivity index (χ3v) is 1.94. The number of carbonyl (C=O) groups is 1. The van der Waals surface area contributed by atoms with Crippen molar-refractivity contribution in [2.45, 2.75) is 0 Å². The Morgan fingerprint density at radius 3 is 3.00 bits per heavy atom. The third-order valence-electron chi connectivity index (χ3n) is 1.94. The summed E-state index contributed by atoms with van der Waals surface area (Å²) < 4.78 is 10.2. The summed E-state index contributed by atoms with van der Waals surface area (Å²) in [5.74, 6) is 0.973. The maximum atomic E-state index is 10.6. The van der Waals surface area contributed by atoms with E-state index in [9.17, 15) is 4.79 Å². The van der Waals surface area contributed by atoms with Crippen molar-refractivity contribution in [3.63, 3.8) is 0 Å². The van der Waals surface area contributed by atoms with Gasteiger partial charge in [0.25, 0.3) is 0 Å². The Labute approximate surface area is 74.9 Å². The van der Waals surface area contributed by atoms with Crippen LogP contribution in [-0.4, -0.2) is 13.4 Å². The highest BCUT2D eigenvalue weighted by molar-refractivity contribution is 5.99. The smallest absolute Gasteiger partial charge is 0.186 e. The van der Waals surface area contributed by atoms with Crippen LogP contribution < -0.4 is 4.74 Å². The Morgan fingerprint density at radius 1 is 1.46 bits per heavy atom. The average molecular weight is 176 g/mol. The quantitative estimate of drug-likeness (QED) is 0.659. The first-order valence-electron chi connectivity index (χ1n) is 3.86. The molecule has 0 N–H and O–H groups in total. The van der Waals surface area contributed by atoms with Crippen molar-refractivity contribution in [1.82, 2.24) is 0 Å². The lowest BCUT2D eigenvalue weighted by atomic mass is 10.2. The molecule has 0 aliphatic rings. The standard InChI is InChI=1S/C10H8O3/c1-12-8-4-2-3-7-6-13-9(5-11)10(7)8/h2-6H,1H3. The van der Waals surface area contributed by atoms with Crippen LogP contribution in [0.1, 0.15) is 10.6 Å². The summed E-state index contributed by atoms with van der Waals surface area (Å²) in [6.07, 6.45) is 2.23. The Hall–Kier alpha value is -1.77. The molecule has 0 radical (unpaired) electrons. The van der Waals surface area contributed by atoms with Gasteiger partial charge in [0.05, 0.1) is 18.8 Å². The van der Waals surface area contributed by atoms with E-state index in [-0.39, 0.29) is 0 Å². The minimum Gasteiger partial charge on any atom is -0.496 e. The van der Waals surface area contributed by atoms with Crippen molar-refractivity contribution in [1.29, 1.82) is 0 Å². The molecule has 3 heteroatoms. The maximum Gasteiger partial charge on any atom is 0.186 e. The van der Waals surface area contributed by atoms with E-state index in [1.807, 2.05) is 12.1 Å². The molecule has 13 heavy (non-hydrogen) atoms. The van der Waals surface area contributed by atoms with Crippen LogP contribution in [0.2, 0.25) is 0 Å². The van der Waals surface area contributed by atoms with Crippen molar-refractivity contribution in [3.8, 4) is 5.75 Å². The molecule has 2 aromatic rings. The number of ether oxygens (including phenoxy) is 1. The van der Waals surface area contributed by atoms with E-state index in [2.05, 4.69) is 0 Å². The molecule has 0 atom stereocenters. The van der Waals surface area contributed by atoms with E-state index < -0.39 is 0 Å². The van der Waals surface area contributed by atoms with Crippen LogP contribution in [0.5, 0.6) is 5.75 Å². The van der Waals surface area contributed by atoms with Crippen molar-refractivity contribution in [2.24, 2.45) is 0 Å². The van der Waals surface area contributed by atoms with Gasteiger partial charge in [0, 0.05) is 5.39 Å². The van der Waals surface area contributed by atoms with Gasteiger partial charge in [-0.3, -0.25) is 4.79 Å². The lowest BCUT2D eigenvalue weighted by Gasteiger charge is -1.99. The maximum absolute atomic E-state index is 10.6. The largest absolute Gasteiger partial charge is 0.496 e. The van der Waals surface area contributed by atoms with Gasteiger partial charge >= 0.3 is 0 Å². The fourth-order valence-corrected chi connectivity index (χ4v) is 1.35. The number of carbonyl (C=O) groups excluding carboxylic acids is 1. The van der Waals surface area contributed by atoms with Gasteiger partial charge < -0.3 is 9.15 Å². The van der Waals surface area contributed by atoms with Gasteiger partial charge in [0.15, 0.2) is 12.0 Å². The lowest BCUT2D eigenvalue weighted by Crippen LogP contribution is -1.84. The molecule has 1 aromatic heterocycles. The van der Waals surface area contributed by atoms with Crippen LogP contribution >= 0.6 is 0 Å². The second kappa shape index (κ2) is 2.94. The first-order chi connectivity index (χ1) is 6.36. The van der Waals surface area contributed by atoms with Crippen molar-refractivity contribution in [3.05, 3.63) is 30.2 Å². The normalized spacial score (nSPS) is 10.2. The SMILES string of the molecule is COc1cccc2coc(C=O)c12. The average Bonchev–Trinajstić information content (AvgIpc) is 2.60. The van der Waals surface area contributed by atoms with Crippen LogP contribution in [0.4, 0.5) is 0 Å². The van der Waals surface area contributed by atoms with E-state index in [0.717, 1.165) is 10.8 Å². The van der Waals surface area contributed by atoms with Crippen LogP contribution in [0.3, 0.4) is 0 Å². The van der Waals surface area contributed by atoms with Crippen LogP contribution in [-0.2, 0) is 0 Å². The molecular weight excluding hydrogens is 168 g/mol. The van der Waals surface area contributed by atoms with Gasteiger partial charge in [-0.05, 0) is 6.07 Å². The first-order valence-corrected chi connectivity index (χ1v) is 3.86. The minimum absolute atomic E-state index is 0.312. The first kappa shape index (κ1) is 7.86. The predicted molar refractivity (Wildman–Crippen MR) is 48.2 cm³/mol. The van der Waals surface area contributed by atoms with Gasteiger partial charge in [-0.1, -0.05) is 12.1 Å². The summed E-state index contributed by atoms with van der Waals surface area (Å²) >= 11 is 0. The Morgan fingerprint density at radius 2 is 2.31 bits per heavy atom. The molecule has 0 aliphatic heterocycles. The Bertz CT molecular complexity index is 442. The molecule has 0 bridgehead atoms. The summed E-state index contributed by atoms with van der Waals surface area (Å²) in [5, 5.41) is 1.61. The van der Waals surface area contributed by atoms with Crippen LogP contribution in [0.15, 0.2) is 28.9 Å². The number of furan rings is 1. The van der Waals surface area contributed by atoms with Gasteiger partial charge in [-0.15, -0.1) is 0 Å². The molecule has 0 fully saturated rings. The van der Waals surface area contributed by atoms with E-state index >= 15 is 0 Å². The molecule has 0 unspecified atom stereocenters. The molecular formula is C10H8O3. The number of hydrogen-bond acceptors (Lipinski definition) is 3. The van der Waals surface area contributed by atoms with Crippen molar-refractivity contribution < 1.29 is 13.9 Å². The van der Waals surface area contributed by atoms with Crippen molar-refractivity contribution >= 4 is 17.1 Å². The van der Waals surface area contributed by atoms with Crippen molar-refractivity contribution in [2.75, 3.05) is 7.11 Å². The molecule has 2 rings (SSSR count). The highest BCUT2D eigenvalue weighted by Crippen LogP contribution is 2.29. The predicted octanol–water partition coefficient (Wildman–Crippen LogP) is 2.25. The van der Waals surface area contributed by atoms with E-state index in [1.165, 1.54) is 0 Å². The highest BCUT2D eigenvalue weighted by Gasteiger charge is 2.09. The molecule has 66 valence electrons. The molecule has 0 amide bonds. The minimum atomic E-state index is 0.312. The number of fused-ring (bicyclic) bond motifs is 1. The highest BCUT2D eigenvalue weighted by atomic mass is 16.5. The topological polar surface area (TPSA) is 39.4 Å². The van der Waals surface area contributed by atoms with E-state index in [4.69, 9.17) is 9.15 Å².